The molecule has 0 aromatic carbocycles. The van der Waals surface area contributed by atoms with Gasteiger partial charge in [0.1, 0.15) is 0 Å². The van der Waals surface area contributed by atoms with E-state index in [0.717, 1.165) is 31.5 Å². The van der Waals surface area contributed by atoms with E-state index in [9.17, 15) is 0 Å². The van der Waals surface area contributed by atoms with Gasteiger partial charge in [0.2, 0.25) is 0 Å². The monoisotopic (exact) mass is 221 g/mol. The molecule has 88 valence electrons. The topological polar surface area (TPSA) is 54.2 Å². The van der Waals surface area contributed by atoms with Crippen molar-refractivity contribution in [3.05, 3.63) is 18.5 Å². The van der Waals surface area contributed by atoms with Gasteiger partial charge in [0.15, 0.2) is 5.96 Å². The molecular formula is C11H19N5. The van der Waals surface area contributed by atoms with Crippen molar-refractivity contribution in [2.75, 3.05) is 20.1 Å². The van der Waals surface area contributed by atoms with E-state index in [1.54, 1.807) is 13.2 Å². The van der Waals surface area contributed by atoms with E-state index in [1.807, 2.05) is 16.9 Å². The second kappa shape index (κ2) is 5.53. The van der Waals surface area contributed by atoms with Gasteiger partial charge < -0.3 is 10.6 Å². The van der Waals surface area contributed by atoms with Crippen LogP contribution in [-0.2, 0) is 6.54 Å². The Kier molecular flexibility index (Phi) is 3.80. The molecule has 16 heavy (non-hydrogen) atoms. The van der Waals surface area contributed by atoms with Crippen molar-refractivity contribution < 1.29 is 0 Å². The average Bonchev–Trinajstić information content (AvgIpc) is 2.99. The van der Waals surface area contributed by atoms with Gasteiger partial charge in [-0.25, -0.2) is 0 Å². The number of nitrogens with one attached hydrogen (secondary N) is 2. The van der Waals surface area contributed by atoms with Crippen molar-refractivity contribution in [2.24, 2.45) is 10.9 Å². The Hall–Kier alpha value is -1.52. The van der Waals surface area contributed by atoms with Crippen LogP contribution in [-0.4, -0.2) is 35.9 Å². The minimum atomic E-state index is 0.839. The largest absolute Gasteiger partial charge is 0.356 e. The third-order valence-electron chi connectivity index (χ3n) is 2.67. The molecule has 1 aromatic rings. The summed E-state index contributed by atoms with van der Waals surface area (Å²) in [4.78, 5) is 4.17. The van der Waals surface area contributed by atoms with Gasteiger partial charge in [0, 0.05) is 32.5 Å². The lowest BCUT2D eigenvalue weighted by Crippen LogP contribution is -2.39. The highest BCUT2D eigenvalue weighted by molar-refractivity contribution is 5.79. The fourth-order valence-corrected chi connectivity index (χ4v) is 1.51. The number of nitrogens with zero attached hydrogens (tertiary/aromatic N) is 3. The molecule has 1 saturated carbocycles. The first-order chi connectivity index (χ1) is 7.88. The number of aromatic nitrogens is 2. The Balaban J connectivity index is 1.62. The maximum absolute atomic E-state index is 4.17. The van der Waals surface area contributed by atoms with Gasteiger partial charge in [-0.15, -0.1) is 0 Å². The van der Waals surface area contributed by atoms with E-state index in [2.05, 4.69) is 20.7 Å². The van der Waals surface area contributed by atoms with Crippen LogP contribution in [0, 0.1) is 5.92 Å². The van der Waals surface area contributed by atoms with Crippen molar-refractivity contribution in [1.82, 2.24) is 20.4 Å². The van der Waals surface area contributed by atoms with Crippen molar-refractivity contribution >= 4 is 5.96 Å². The molecule has 1 fully saturated rings. The first-order valence-electron chi connectivity index (χ1n) is 5.80. The average molecular weight is 221 g/mol. The van der Waals surface area contributed by atoms with Gasteiger partial charge in [-0.3, -0.25) is 9.67 Å². The van der Waals surface area contributed by atoms with E-state index in [-0.39, 0.29) is 0 Å². The summed E-state index contributed by atoms with van der Waals surface area (Å²) in [5, 5.41) is 10.7. The van der Waals surface area contributed by atoms with Crippen molar-refractivity contribution in [2.45, 2.75) is 19.4 Å². The molecule has 0 amide bonds. The van der Waals surface area contributed by atoms with E-state index < -0.39 is 0 Å². The van der Waals surface area contributed by atoms with Gasteiger partial charge in [-0.2, -0.15) is 5.10 Å². The Morgan fingerprint density at radius 3 is 3.00 bits per heavy atom. The molecule has 5 heteroatoms. The molecule has 0 aliphatic heterocycles. The number of hydrogen-bond acceptors (Lipinski definition) is 2. The quantitative estimate of drug-likeness (QED) is 0.561. The summed E-state index contributed by atoms with van der Waals surface area (Å²) in [6.45, 7) is 2.74. The van der Waals surface area contributed by atoms with Crippen LogP contribution in [0.4, 0.5) is 0 Å². The van der Waals surface area contributed by atoms with Crippen LogP contribution in [0.1, 0.15) is 12.8 Å². The third kappa shape index (κ3) is 3.56. The fraction of sp³-hybridized carbons (Fsp3) is 0.636. The van der Waals surface area contributed by atoms with Crippen LogP contribution < -0.4 is 10.6 Å². The molecule has 1 aromatic heterocycles. The molecular weight excluding hydrogens is 202 g/mol. The van der Waals surface area contributed by atoms with Crippen LogP contribution in [0.3, 0.4) is 0 Å². The number of hydrogen-bond donors (Lipinski definition) is 2. The zero-order valence-corrected chi connectivity index (χ0v) is 9.69. The van der Waals surface area contributed by atoms with Crippen LogP contribution >= 0.6 is 0 Å². The highest BCUT2D eigenvalue weighted by Crippen LogP contribution is 2.27. The molecule has 1 aliphatic carbocycles. The van der Waals surface area contributed by atoms with Crippen LogP contribution in [0.25, 0.3) is 0 Å². The van der Waals surface area contributed by atoms with E-state index in [1.165, 1.54) is 12.8 Å². The summed E-state index contributed by atoms with van der Waals surface area (Å²) < 4.78 is 1.90. The first kappa shape index (κ1) is 11.0. The Labute approximate surface area is 95.9 Å². The highest BCUT2D eigenvalue weighted by atomic mass is 15.3. The highest BCUT2D eigenvalue weighted by Gasteiger charge is 2.20. The zero-order chi connectivity index (χ0) is 11.2. The molecule has 0 unspecified atom stereocenters. The minimum Gasteiger partial charge on any atom is -0.356 e. The molecule has 0 saturated heterocycles. The number of aliphatic imine (C=N–C) groups is 1. The molecule has 0 radical (unpaired) electrons. The molecule has 1 heterocycles. The zero-order valence-electron chi connectivity index (χ0n) is 9.69. The lowest BCUT2D eigenvalue weighted by atomic mass is 10.4. The molecule has 5 nitrogen and oxygen atoms in total. The van der Waals surface area contributed by atoms with Crippen LogP contribution in [0.5, 0.6) is 0 Å². The fourth-order valence-electron chi connectivity index (χ4n) is 1.51. The van der Waals surface area contributed by atoms with Crippen LogP contribution in [0.15, 0.2) is 23.5 Å². The van der Waals surface area contributed by atoms with Crippen molar-refractivity contribution in [3.8, 4) is 0 Å². The summed E-state index contributed by atoms with van der Waals surface area (Å²) in [6, 6.07) is 1.93. The normalized spacial score (nSPS) is 16.2. The Bertz CT molecular complexity index is 326. The summed E-state index contributed by atoms with van der Waals surface area (Å²) in [7, 11) is 1.80. The van der Waals surface area contributed by atoms with E-state index in [4.69, 9.17) is 0 Å². The summed E-state index contributed by atoms with van der Waals surface area (Å²) in [5.41, 5.74) is 0. The number of rotatable bonds is 5. The van der Waals surface area contributed by atoms with Gasteiger partial charge in [-0.1, -0.05) is 0 Å². The van der Waals surface area contributed by atoms with Crippen LogP contribution in [0.2, 0.25) is 0 Å². The van der Waals surface area contributed by atoms with Crippen molar-refractivity contribution in [3.63, 3.8) is 0 Å². The van der Waals surface area contributed by atoms with Crippen molar-refractivity contribution in [1.29, 1.82) is 0 Å². The smallest absolute Gasteiger partial charge is 0.191 e. The second-order valence-electron chi connectivity index (χ2n) is 4.09. The molecule has 2 rings (SSSR count). The lowest BCUT2D eigenvalue weighted by molar-refractivity contribution is 0.596. The Morgan fingerprint density at radius 1 is 1.50 bits per heavy atom. The molecule has 0 bridgehead atoms. The standard InChI is InChI=1S/C11H19N5/c1-12-11(14-9-10-3-4-10)13-6-8-16-7-2-5-15-16/h2,5,7,10H,3-4,6,8-9H2,1H3,(H2,12,13,14). The Morgan fingerprint density at radius 2 is 2.38 bits per heavy atom. The second-order valence-corrected chi connectivity index (χ2v) is 4.09. The molecule has 1 aliphatic rings. The van der Waals surface area contributed by atoms with E-state index in [0.29, 0.717) is 0 Å². The predicted molar refractivity (Wildman–Crippen MR) is 64.3 cm³/mol. The third-order valence-corrected chi connectivity index (χ3v) is 2.67. The molecule has 0 atom stereocenters. The molecule has 0 spiro atoms. The summed E-state index contributed by atoms with van der Waals surface area (Å²) >= 11 is 0. The summed E-state index contributed by atoms with van der Waals surface area (Å²) in [6.07, 6.45) is 6.47. The summed E-state index contributed by atoms with van der Waals surface area (Å²) in [5.74, 6) is 1.75. The van der Waals surface area contributed by atoms with E-state index >= 15 is 0 Å². The minimum absolute atomic E-state index is 0.839. The number of guanidine groups is 1. The van der Waals surface area contributed by atoms with Gasteiger partial charge in [0.05, 0.1) is 6.54 Å². The maximum atomic E-state index is 4.17. The van der Waals surface area contributed by atoms with Gasteiger partial charge in [-0.05, 0) is 24.8 Å². The predicted octanol–water partition coefficient (Wildman–Crippen LogP) is 0.458. The first-order valence-corrected chi connectivity index (χ1v) is 5.80. The maximum Gasteiger partial charge on any atom is 0.191 e. The molecule has 2 N–H and O–H groups in total. The van der Waals surface area contributed by atoms with Gasteiger partial charge >= 0.3 is 0 Å². The SMILES string of the molecule is CN=C(NCCn1cccn1)NCC1CC1. The lowest BCUT2D eigenvalue weighted by Gasteiger charge is -2.11. The van der Waals surface area contributed by atoms with Gasteiger partial charge in [0.25, 0.3) is 0 Å².